The van der Waals surface area contributed by atoms with E-state index in [0.29, 0.717) is 24.2 Å². The van der Waals surface area contributed by atoms with Crippen LogP contribution in [0.1, 0.15) is 27.9 Å². The molecule has 39 heavy (non-hydrogen) atoms. The fraction of sp³-hybridized carbons (Fsp3) is 0.161. The summed E-state index contributed by atoms with van der Waals surface area (Å²) in [5, 5.41) is 0.424. The first-order valence-electron chi connectivity index (χ1n) is 12.5. The Bertz CT molecular complexity index is 1640. The van der Waals surface area contributed by atoms with Gasteiger partial charge in [-0.3, -0.25) is 4.90 Å². The summed E-state index contributed by atoms with van der Waals surface area (Å²) in [5.41, 5.74) is 2.44. The van der Waals surface area contributed by atoms with E-state index in [1.807, 2.05) is 67.6 Å². The van der Waals surface area contributed by atoms with Gasteiger partial charge in [-0.1, -0.05) is 84.4 Å². The van der Waals surface area contributed by atoms with Gasteiger partial charge in [0.15, 0.2) is 0 Å². The summed E-state index contributed by atoms with van der Waals surface area (Å²) in [5.74, 6) is 0. The lowest BCUT2D eigenvalue weighted by atomic mass is 10.1. The number of aromatic nitrogens is 1. The molecule has 0 radical (unpaired) electrons. The van der Waals surface area contributed by atoms with Crippen molar-refractivity contribution in [1.29, 1.82) is 0 Å². The van der Waals surface area contributed by atoms with E-state index in [2.05, 4.69) is 4.90 Å². The number of aryl methyl sites for hydroxylation is 1. The minimum Gasteiger partial charge on any atom is -0.289 e. The van der Waals surface area contributed by atoms with Crippen LogP contribution in [0.25, 0.3) is 10.9 Å². The molecule has 0 aliphatic heterocycles. The van der Waals surface area contributed by atoms with Crippen LogP contribution in [0.2, 0.25) is 0 Å². The number of alkyl halides is 3. The SMILES string of the molecule is Cc1ccc(S(=O)(=O)n2c(CN(Cc3ccccc3)Cc3ccccc3)cc3ccc(C(F)(F)F)cc32)cc1. The molecule has 0 aliphatic rings. The first-order valence-corrected chi connectivity index (χ1v) is 13.9. The predicted molar refractivity (Wildman–Crippen MR) is 147 cm³/mol. The Balaban J connectivity index is 1.65. The molecule has 200 valence electrons. The molecule has 5 rings (SSSR count). The van der Waals surface area contributed by atoms with E-state index in [4.69, 9.17) is 0 Å². The molecule has 5 aromatic rings. The summed E-state index contributed by atoms with van der Waals surface area (Å²) in [6.45, 7) is 3.09. The Kier molecular flexibility index (Phi) is 7.34. The van der Waals surface area contributed by atoms with Crippen LogP contribution in [-0.2, 0) is 35.8 Å². The number of hydrogen-bond acceptors (Lipinski definition) is 3. The predicted octanol–water partition coefficient (Wildman–Crippen LogP) is 7.41. The summed E-state index contributed by atoms with van der Waals surface area (Å²) in [6, 6.07) is 30.8. The molecule has 0 bridgehead atoms. The highest BCUT2D eigenvalue weighted by Gasteiger charge is 2.32. The Labute approximate surface area is 226 Å². The van der Waals surface area contributed by atoms with Crippen LogP contribution >= 0.6 is 0 Å². The first kappa shape index (κ1) is 26.7. The zero-order valence-corrected chi connectivity index (χ0v) is 22.1. The van der Waals surface area contributed by atoms with Gasteiger partial charge in [0.2, 0.25) is 0 Å². The highest BCUT2D eigenvalue weighted by Crippen LogP contribution is 2.34. The fourth-order valence-electron chi connectivity index (χ4n) is 4.70. The van der Waals surface area contributed by atoms with Crippen LogP contribution in [0.3, 0.4) is 0 Å². The molecule has 0 spiro atoms. The van der Waals surface area contributed by atoms with Gasteiger partial charge in [-0.25, -0.2) is 12.4 Å². The van der Waals surface area contributed by atoms with Crippen molar-refractivity contribution in [1.82, 2.24) is 8.87 Å². The third-order valence-electron chi connectivity index (χ3n) is 6.60. The molecular formula is C31H27F3N2O2S. The maximum atomic E-state index is 14.0. The normalized spacial score (nSPS) is 12.3. The zero-order chi connectivity index (χ0) is 27.6. The van der Waals surface area contributed by atoms with Crippen LogP contribution < -0.4 is 0 Å². The van der Waals surface area contributed by atoms with Crippen molar-refractivity contribution in [2.45, 2.75) is 37.6 Å². The first-order chi connectivity index (χ1) is 18.6. The molecule has 4 nitrogen and oxygen atoms in total. The fourth-order valence-corrected chi connectivity index (χ4v) is 6.23. The van der Waals surface area contributed by atoms with Crippen LogP contribution in [0, 0.1) is 6.92 Å². The Hall–Kier alpha value is -3.88. The molecule has 0 aliphatic carbocycles. The second kappa shape index (κ2) is 10.7. The van der Waals surface area contributed by atoms with E-state index in [1.54, 1.807) is 18.2 Å². The van der Waals surface area contributed by atoms with Crippen LogP contribution in [0.4, 0.5) is 13.2 Å². The van der Waals surface area contributed by atoms with Crippen LogP contribution in [0.15, 0.2) is 114 Å². The average Bonchev–Trinajstić information content (AvgIpc) is 3.27. The van der Waals surface area contributed by atoms with Crippen molar-refractivity contribution in [3.8, 4) is 0 Å². The monoisotopic (exact) mass is 548 g/mol. The standard InChI is InChI=1S/C31H27F3N2O2S/c1-23-12-16-29(17-13-23)39(37,38)36-28(18-26-14-15-27(19-30(26)36)31(32,33)34)22-35(20-24-8-4-2-5-9-24)21-25-10-6-3-7-11-25/h2-19H,20-22H2,1H3. The molecule has 0 fully saturated rings. The van der Waals surface area contributed by atoms with E-state index < -0.39 is 21.8 Å². The van der Waals surface area contributed by atoms with Gasteiger partial charge in [0, 0.05) is 30.7 Å². The van der Waals surface area contributed by atoms with Crippen molar-refractivity contribution in [3.05, 3.63) is 137 Å². The summed E-state index contributed by atoms with van der Waals surface area (Å²) in [6.07, 6.45) is -4.61. The second-order valence-corrected chi connectivity index (χ2v) is 11.4. The third-order valence-corrected chi connectivity index (χ3v) is 8.38. The highest BCUT2D eigenvalue weighted by atomic mass is 32.2. The van der Waals surface area contributed by atoms with Gasteiger partial charge in [-0.05, 0) is 48.4 Å². The molecule has 0 amide bonds. The van der Waals surface area contributed by atoms with Crippen molar-refractivity contribution in [2.75, 3.05) is 0 Å². The minimum atomic E-state index is -4.61. The maximum Gasteiger partial charge on any atom is 0.416 e. The minimum absolute atomic E-state index is 0.000211. The maximum absolute atomic E-state index is 14.0. The largest absolute Gasteiger partial charge is 0.416 e. The highest BCUT2D eigenvalue weighted by molar-refractivity contribution is 7.90. The van der Waals surface area contributed by atoms with Gasteiger partial charge < -0.3 is 0 Å². The van der Waals surface area contributed by atoms with Crippen molar-refractivity contribution in [2.24, 2.45) is 0 Å². The number of rotatable bonds is 8. The van der Waals surface area contributed by atoms with E-state index in [1.165, 1.54) is 18.2 Å². The van der Waals surface area contributed by atoms with Crippen molar-refractivity contribution < 1.29 is 21.6 Å². The van der Waals surface area contributed by atoms with Gasteiger partial charge >= 0.3 is 6.18 Å². The summed E-state index contributed by atoms with van der Waals surface area (Å²) < 4.78 is 69.9. The molecule has 8 heteroatoms. The van der Waals surface area contributed by atoms with Crippen molar-refractivity contribution >= 4 is 20.9 Å². The van der Waals surface area contributed by atoms with Crippen molar-refractivity contribution in [3.63, 3.8) is 0 Å². The summed E-state index contributed by atoms with van der Waals surface area (Å²) >= 11 is 0. The average molecular weight is 549 g/mol. The van der Waals surface area contributed by atoms with Crippen LogP contribution in [-0.4, -0.2) is 17.3 Å². The number of benzene rings is 4. The van der Waals surface area contributed by atoms with Gasteiger partial charge in [-0.2, -0.15) is 13.2 Å². The van der Waals surface area contributed by atoms with Gasteiger partial charge in [-0.15, -0.1) is 0 Å². The molecule has 0 atom stereocenters. The second-order valence-electron chi connectivity index (χ2n) is 9.61. The number of nitrogens with zero attached hydrogens (tertiary/aromatic N) is 2. The van der Waals surface area contributed by atoms with Crippen LogP contribution in [0.5, 0.6) is 0 Å². The third kappa shape index (κ3) is 5.92. The smallest absolute Gasteiger partial charge is 0.289 e. The summed E-state index contributed by atoms with van der Waals surface area (Å²) in [7, 11) is -4.20. The Morgan fingerprint density at radius 1 is 0.718 bits per heavy atom. The lowest BCUT2D eigenvalue weighted by Gasteiger charge is -2.24. The molecule has 0 saturated heterocycles. The zero-order valence-electron chi connectivity index (χ0n) is 21.3. The topological polar surface area (TPSA) is 42.3 Å². The molecule has 0 N–H and O–H groups in total. The number of fused-ring (bicyclic) bond motifs is 1. The molecule has 1 aromatic heterocycles. The van der Waals surface area contributed by atoms with E-state index in [-0.39, 0.29) is 17.0 Å². The molecule has 0 unspecified atom stereocenters. The quantitative estimate of drug-likeness (QED) is 0.203. The number of hydrogen-bond donors (Lipinski definition) is 0. The van der Waals surface area contributed by atoms with E-state index >= 15 is 0 Å². The van der Waals surface area contributed by atoms with E-state index in [9.17, 15) is 21.6 Å². The Morgan fingerprint density at radius 2 is 1.28 bits per heavy atom. The Morgan fingerprint density at radius 3 is 1.82 bits per heavy atom. The summed E-state index contributed by atoms with van der Waals surface area (Å²) in [4.78, 5) is 2.10. The molecule has 4 aromatic carbocycles. The van der Waals surface area contributed by atoms with E-state index in [0.717, 1.165) is 32.8 Å². The van der Waals surface area contributed by atoms with Gasteiger partial charge in [0.25, 0.3) is 10.0 Å². The lowest BCUT2D eigenvalue weighted by Crippen LogP contribution is -2.25. The molecular weight excluding hydrogens is 521 g/mol. The number of halogens is 3. The van der Waals surface area contributed by atoms with Gasteiger partial charge in [0.1, 0.15) is 0 Å². The lowest BCUT2D eigenvalue weighted by molar-refractivity contribution is -0.137. The molecule has 1 heterocycles. The molecule has 0 saturated carbocycles. The van der Waals surface area contributed by atoms with Gasteiger partial charge in [0.05, 0.1) is 16.0 Å².